The number of para-hydroxylation sites is 1. The van der Waals surface area contributed by atoms with Crippen molar-refractivity contribution in [1.29, 1.82) is 0 Å². The summed E-state index contributed by atoms with van der Waals surface area (Å²) in [4.78, 5) is 47.6. The zero-order valence-electron chi connectivity index (χ0n) is 13.5. The second-order valence-electron chi connectivity index (χ2n) is 5.11. The van der Waals surface area contributed by atoms with Gasteiger partial charge in [-0.2, -0.15) is 5.01 Å². The summed E-state index contributed by atoms with van der Waals surface area (Å²) >= 11 is 0. The van der Waals surface area contributed by atoms with E-state index in [0.717, 1.165) is 25.8 Å². The second-order valence-corrected chi connectivity index (χ2v) is 5.11. The third kappa shape index (κ3) is 3.10. The van der Waals surface area contributed by atoms with Gasteiger partial charge in [-0.3, -0.25) is 14.4 Å². The minimum absolute atomic E-state index is 0.0172. The minimum Gasteiger partial charge on any atom is -0.422 e. The van der Waals surface area contributed by atoms with Gasteiger partial charge in [0.2, 0.25) is 17.7 Å². The van der Waals surface area contributed by atoms with Crippen molar-refractivity contribution in [2.24, 2.45) is 0 Å². The highest BCUT2D eigenvalue weighted by molar-refractivity contribution is 5.98. The van der Waals surface area contributed by atoms with Crippen molar-refractivity contribution in [2.75, 3.05) is 0 Å². The van der Waals surface area contributed by atoms with Gasteiger partial charge >= 0.3 is 5.63 Å². The van der Waals surface area contributed by atoms with Crippen LogP contribution in [0.25, 0.3) is 16.7 Å². The highest BCUT2D eigenvalue weighted by atomic mass is 16.4. The van der Waals surface area contributed by atoms with E-state index in [2.05, 4.69) is 6.58 Å². The van der Waals surface area contributed by atoms with Crippen molar-refractivity contribution in [3.05, 3.63) is 52.9 Å². The summed E-state index contributed by atoms with van der Waals surface area (Å²) < 4.78 is 5.20. The van der Waals surface area contributed by atoms with Gasteiger partial charge < -0.3 is 4.42 Å². The predicted molar refractivity (Wildman–Crippen MR) is 87.2 cm³/mol. The Balaban J connectivity index is 2.61. The summed E-state index contributed by atoms with van der Waals surface area (Å²) in [6.07, 6.45) is 0. The molecule has 0 bridgehead atoms. The molecule has 24 heavy (non-hydrogen) atoms. The Labute approximate surface area is 137 Å². The largest absolute Gasteiger partial charge is 0.422 e. The van der Waals surface area contributed by atoms with Gasteiger partial charge in [0.05, 0.1) is 11.3 Å². The van der Waals surface area contributed by atoms with Crippen LogP contribution < -0.4 is 5.63 Å². The molecule has 0 N–H and O–H groups in total. The molecule has 2 rings (SSSR count). The van der Waals surface area contributed by atoms with Gasteiger partial charge in [0.1, 0.15) is 5.58 Å². The molecule has 1 aromatic carbocycles. The molecular formula is C17H16N2O5. The number of hydrazine groups is 1. The van der Waals surface area contributed by atoms with Gasteiger partial charge in [-0.05, 0) is 12.1 Å². The number of fused-ring (bicyclic) bond motifs is 1. The monoisotopic (exact) mass is 328 g/mol. The molecule has 7 nitrogen and oxygen atoms in total. The fourth-order valence-corrected chi connectivity index (χ4v) is 2.33. The number of amides is 3. The van der Waals surface area contributed by atoms with Gasteiger partial charge in [-0.15, -0.1) is 0 Å². The van der Waals surface area contributed by atoms with Crippen molar-refractivity contribution < 1.29 is 18.8 Å². The highest BCUT2D eigenvalue weighted by Crippen LogP contribution is 2.21. The van der Waals surface area contributed by atoms with Crippen LogP contribution in [0.1, 0.15) is 26.3 Å². The van der Waals surface area contributed by atoms with Crippen LogP contribution in [0, 0.1) is 0 Å². The SMILES string of the molecule is C=C(c1cc2ccccc2oc1=O)N(C(C)=O)N(C(C)=O)C(C)=O. The van der Waals surface area contributed by atoms with Crippen LogP contribution in [0.4, 0.5) is 0 Å². The van der Waals surface area contributed by atoms with E-state index in [1.807, 2.05) is 0 Å². The average Bonchev–Trinajstić information content (AvgIpc) is 2.49. The van der Waals surface area contributed by atoms with E-state index in [9.17, 15) is 19.2 Å². The molecule has 0 aliphatic heterocycles. The first kappa shape index (κ1) is 17.1. The Morgan fingerprint density at radius 2 is 1.50 bits per heavy atom. The molecule has 0 saturated carbocycles. The summed E-state index contributed by atoms with van der Waals surface area (Å²) in [6.45, 7) is 7.12. The Morgan fingerprint density at radius 1 is 0.958 bits per heavy atom. The van der Waals surface area contributed by atoms with E-state index in [1.54, 1.807) is 24.3 Å². The maximum Gasteiger partial charge on any atom is 0.345 e. The zero-order valence-corrected chi connectivity index (χ0v) is 13.5. The topological polar surface area (TPSA) is 87.9 Å². The predicted octanol–water partition coefficient (Wildman–Crippen LogP) is 1.92. The Kier molecular flexibility index (Phi) is 4.64. The number of hydrogen-bond acceptors (Lipinski definition) is 5. The van der Waals surface area contributed by atoms with Gasteiger partial charge in [-0.25, -0.2) is 9.80 Å². The third-order valence-electron chi connectivity index (χ3n) is 3.30. The molecule has 2 aromatic rings. The Bertz CT molecular complexity index is 899. The maximum atomic E-state index is 12.2. The number of carbonyl (C=O) groups excluding carboxylic acids is 3. The first-order valence-electron chi connectivity index (χ1n) is 7.08. The first-order chi connectivity index (χ1) is 11.2. The van der Waals surface area contributed by atoms with Gasteiger partial charge in [0, 0.05) is 26.2 Å². The lowest BCUT2D eigenvalue weighted by molar-refractivity contribution is -0.163. The van der Waals surface area contributed by atoms with E-state index >= 15 is 0 Å². The molecule has 0 saturated heterocycles. The van der Waals surface area contributed by atoms with Crippen molar-refractivity contribution in [3.8, 4) is 0 Å². The van der Waals surface area contributed by atoms with Crippen molar-refractivity contribution >= 4 is 34.4 Å². The molecule has 3 amide bonds. The molecule has 0 radical (unpaired) electrons. The first-order valence-corrected chi connectivity index (χ1v) is 7.08. The summed E-state index contributed by atoms with van der Waals surface area (Å²) in [5.41, 5.74) is -0.482. The molecule has 7 heteroatoms. The average molecular weight is 328 g/mol. The third-order valence-corrected chi connectivity index (χ3v) is 3.30. The molecule has 0 aliphatic rings. The lowest BCUT2D eigenvalue weighted by atomic mass is 10.1. The number of hydrogen-bond donors (Lipinski definition) is 0. The lowest BCUT2D eigenvalue weighted by Gasteiger charge is -2.31. The normalized spacial score (nSPS) is 10.3. The van der Waals surface area contributed by atoms with Crippen LogP contribution in [0.15, 0.2) is 46.1 Å². The molecule has 0 spiro atoms. The van der Waals surface area contributed by atoms with E-state index < -0.39 is 23.3 Å². The smallest absolute Gasteiger partial charge is 0.345 e. The molecule has 124 valence electrons. The summed E-state index contributed by atoms with van der Waals surface area (Å²) in [5.74, 6) is -1.99. The van der Waals surface area contributed by atoms with E-state index in [4.69, 9.17) is 4.42 Å². The Morgan fingerprint density at radius 3 is 2.04 bits per heavy atom. The number of carbonyl (C=O) groups is 3. The molecule has 0 aliphatic carbocycles. The van der Waals surface area contributed by atoms with Crippen LogP contribution in [0.2, 0.25) is 0 Å². The second kappa shape index (κ2) is 6.49. The van der Waals surface area contributed by atoms with E-state index in [0.29, 0.717) is 16.0 Å². The van der Waals surface area contributed by atoms with Crippen molar-refractivity contribution in [2.45, 2.75) is 20.8 Å². The quantitative estimate of drug-likeness (QED) is 0.621. The van der Waals surface area contributed by atoms with Crippen LogP contribution >= 0.6 is 0 Å². The van der Waals surface area contributed by atoms with Crippen LogP contribution in [0.5, 0.6) is 0 Å². The molecular weight excluding hydrogens is 312 g/mol. The number of imide groups is 1. The van der Waals surface area contributed by atoms with Crippen molar-refractivity contribution in [3.63, 3.8) is 0 Å². The fraction of sp³-hybridized carbons (Fsp3) is 0.176. The number of rotatable bonds is 2. The van der Waals surface area contributed by atoms with Gasteiger partial charge in [0.25, 0.3) is 0 Å². The summed E-state index contributed by atoms with van der Waals surface area (Å²) in [5, 5.41) is 2.01. The number of nitrogens with zero attached hydrogens (tertiary/aromatic N) is 2. The van der Waals surface area contributed by atoms with Crippen LogP contribution in [-0.4, -0.2) is 27.7 Å². The molecule has 0 atom stereocenters. The summed E-state index contributed by atoms with van der Waals surface area (Å²) in [7, 11) is 0. The lowest BCUT2D eigenvalue weighted by Crippen LogP contribution is -2.49. The van der Waals surface area contributed by atoms with Crippen molar-refractivity contribution in [1.82, 2.24) is 10.0 Å². The van der Waals surface area contributed by atoms with Gasteiger partial charge in [0.15, 0.2) is 0 Å². The Hall–Kier alpha value is -3.22. The summed E-state index contributed by atoms with van der Waals surface area (Å²) in [6, 6.07) is 8.33. The van der Waals surface area contributed by atoms with E-state index in [1.165, 1.54) is 6.07 Å². The maximum absolute atomic E-state index is 12.2. The fourth-order valence-electron chi connectivity index (χ4n) is 2.33. The molecule has 0 unspecified atom stereocenters. The minimum atomic E-state index is -0.725. The van der Waals surface area contributed by atoms with Crippen LogP contribution in [-0.2, 0) is 14.4 Å². The van der Waals surface area contributed by atoms with E-state index in [-0.39, 0.29) is 11.3 Å². The highest BCUT2D eigenvalue weighted by Gasteiger charge is 2.29. The van der Waals surface area contributed by atoms with Gasteiger partial charge in [-0.1, -0.05) is 24.8 Å². The zero-order chi connectivity index (χ0) is 18.0. The number of benzene rings is 1. The molecule has 0 fully saturated rings. The molecule has 1 heterocycles. The standard InChI is InChI=1S/C17H16N2O5/c1-10(18(11(2)20)19(12(3)21)13(4)22)15-9-14-7-5-6-8-16(14)24-17(15)23/h5-9H,1H2,2-4H3. The van der Waals surface area contributed by atoms with Crippen LogP contribution in [0.3, 0.4) is 0 Å². The molecule has 1 aromatic heterocycles.